The molecule has 1 saturated carbocycles. The Morgan fingerprint density at radius 3 is 2.58 bits per heavy atom. The Hall–Kier alpha value is -0.530. The molecule has 2 atom stereocenters. The molecule has 0 N–H and O–H groups in total. The van der Waals surface area contributed by atoms with Crippen LogP contribution in [0.5, 0.6) is 0 Å². The van der Waals surface area contributed by atoms with Gasteiger partial charge in [-0.2, -0.15) is 0 Å². The van der Waals surface area contributed by atoms with E-state index in [-0.39, 0.29) is 11.4 Å². The van der Waals surface area contributed by atoms with Gasteiger partial charge in [0.05, 0.1) is 0 Å². The molecular formula is C10H17NO. The van der Waals surface area contributed by atoms with Crippen LogP contribution in [0.2, 0.25) is 0 Å². The lowest BCUT2D eigenvalue weighted by Crippen LogP contribution is -2.42. The van der Waals surface area contributed by atoms with E-state index < -0.39 is 0 Å². The molecule has 0 spiro atoms. The fraction of sp³-hybridized carbons (Fsp3) is 0.900. The van der Waals surface area contributed by atoms with E-state index >= 15 is 0 Å². The minimum atomic E-state index is 0.267. The molecule has 12 heavy (non-hydrogen) atoms. The number of hydrogen-bond acceptors (Lipinski definition) is 1. The zero-order valence-corrected chi connectivity index (χ0v) is 8.13. The maximum Gasteiger partial charge on any atom is 0.219 e. The van der Waals surface area contributed by atoms with E-state index in [4.69, 9.17) is 0 Å². The number of rotatable bonds is 1. The molecule has 2 heteroatoms. The van der Waals surface area contributed by atoms with Crippen LogP contribution in [0.1, 0.15) is 33.6 Å². The number of hydrogen-bond donors (Lipinski definition) is 0. The van der Waals surface area contributed by atoms with Crippen molar-refractivity contribution in [2.45, 2.75) is 39.2 Å². The second-order valence-corrected chi connectivity index (χ2v) is 4.51. The summed E-state index contributed by atoms with van der Waals surface area (Å²) in [6.45, 7) is 7.17. The fourth-order valence-corrected chi connectivity index (χ4v) is 2.98. The van der Waals surface area contributed by atoms with Crippen LogP contribution in [0.4, 0.5) is 0 Å². The van der Waals surface area contributed by atoms with Crippen molar-refractivity contribution in [1.29, 1.82) is 0 Å². The average molecular weight is 167 g/mol. The van der Waals surface area contributed by atoms with Crippen LogP contribution < -0.4 is 0 Å². The van der Waals surface area contributed by atoms with Crippen LogP contribution in [0, 0.1) is 11.8 Å². The first-order valence-electron chi connectivity index (χ1n) is 4.87. The lowest BCUT2D eigenvalue weighted by Gasteiger charge is -2.30. The molecule has 0 aromatic carbocycles. The lowest BCUT2D eigenvalue weighted by molar-refractivity contribution is -0.131. The second kappa shape index (κ2) is 2.24. The third-order valence-electron chi connectivity index (χ3n) is 3.70. The summed E-state index contributed by atoms with van der Waals surface area (Å²) in [5.74, 6) is 1.72. The van der Waals surface area contributed by atoms with Gasteiger partial charge in [-0.1, -0.05) is 13.8 Å². The predicted molar refractivity (Wildman–Crippen MR) is 47.7 cm³/mol. The summed E-state index contributed by atoms with van der Waals surface area (Å²) < 4.78 is 0. The molecule has 2 rings (SSSR count). The third kappa shape index (κ3) is 0.782. The molecule has 1 saturated heterocycles. The van der Waals surface area contributed by atoms with Crippen LogP contribution in [0.25, 0.3) is 0 Å². The van der Waals surface area contributed by atoms with Crippen LogP contribution in [0.3, 0.4) is 0 Å². The first kappa shape index (κ1) is 8.09. The molecule has 0 bridgehead atoms. The molecular weight excluding hydrogens is 150 g/mol. The standard InChI is InChI=1S/C10H17NO/c1-7(2)10-6-9(10)4-5-11(10)8(3)12/h7,9H,4-6H2,1-3H3. The smallest absolute Gasteiger partial charge is 0.219 e. The van der Waals surface area contributed by atoms with E-state index in [0.29, 0.717) is 5.92 Å². The summed E-state index contributed by atoms with van der Waals surface area (Å²) in [6, 6.07) is 0. The number of piperidine rings is 1. The number of likely N-dealkylation sites (tertiary alicyclic amines) is 1. The first-order chi connectivity index (χ1) is 5.59. The summed E-state index contributed by atoms with van der Waals surface area (Å²) in [7, 11) is 0. The van der Waals surface area contributed by atoms with E-state index in [0.717, 1.165) is 12.5 Å². The van der Waals surface area contributed by atoms with Gasteiger partial charge < -0.3 is 4.90 Å². The maximum atomic E-state index is 11.3. The van der Waals surface area contributed by atoms with Crippen molar-refractivity contribution < 1.29 is 4.79 Å². The quantitative estimate of drug-likeness (QED) is 0.581. The van der Waals surface area contributed by atoms with E-state index in [1.54, 1.807) is 6.92 Å². The normalized spacial score (nSPS) is 38.7. The highest BCUT2D eigenvalue weighted by atomic mass is 16.2. The lowest BCUT2D eigenvalue weighted by atomic mass is 9.99. The maximum absolute atomic E-state index is 11.3. The Bertz CT molecular complexity index is 220. The van der Waals surface area contributed by atoms with Gasteiger partial charge in [0.1, 0.15) is 0 Å². The van der Waals surface area contributed by atoms with E-state index in [1.807, 2.05) is 0 Å². The average Bonchev–Trinajstić information content (AvgIpc) is 2.58. The fourth-order valence-electron chi connectivity index (χ4n) is 2.98. The SMILES string of the molecule is CC(=O)N1CCC2CC21C(C)C. The van der Waals surface area contributed by atoms with Crippen molar-refractivity contribution in [3.05, 3.63) is 0 Å². The van der Waals surface area contributed by atoms with Crippen LogP contribution >= 0.6 is 0 Å². The van der Waals surface area contributed by atoms with Gasteiger partial charge in [-0.15, -0.1) is 0 Å². The Labute approximate surface area is 73.9 Å². The molecule has 2 nitrogen and oxygen atoms in total. The van der Waals surface area contributed by atoms with Crippen molar-refractivity contribution in [2.75, 3.05) is 6.54 Å². The molecule has 2 aliphatic rings. The first-order valence-corrected chi connectivity index (χ1v) is 4.87. The van der Waals surface area contributed by atoms with Crippen molar-refractivity contribution >= 4 is 5.91 Å². The molecule has 1 heterocycles. The molecule has 2 fully saturated rings. The molecule has 2 unspecified atom stereocenters. The Morgan fingerprint density at radius 2 is 2.25 bits per heavy atom. The van der Waals surface area contributed by atoms with Crippen molar-refractivity contribution in [3.8, 4) is 0 Å². The van der Waals surface area contributed by atoms with Crippen molar-refractivity contribution in [3.63, 3.8) is 0 Å². The molecule has 1 amide bonds. The van der Waals surface area contributed by atoms with Crippen LogP contribution in [0.15, 0.2) is 0 Å². The highest BCUT2D eigenvalue weighted by molar-refractivity contribution is 5.75. The molecule has 68 valence electrons. The monoisotopic (exact) mass is 167 g/mol. The van der Waals surface area contributed by atoms with Gasteiger partial charge in [-0.05, 0) is 24.7 Å². The van der Waals surface area contributed by atoms with Gasteiger partial charge in [0.2, 0.25) is 5.91 Å². The molecule has 0 aromatic rings. The largest absolute Gasteiger partial charge is 0.337 e. The minimum absolute atomic E-state index is 0.267. The summed E-state index contributed by atoms with van der Waals surface area (Å²) in [6.07, 6.45) is 2.49. The molecule has 1 aliphatic carbocycles. The number of amides is 1. The predicted octanol–water partition coefficient (Wildman–Crippen LogP) is 1.65. The van der Waals surface area contributed by atoms with E-state index in [1.165, 1.54) is 12.8 Å². The number of carbonyl (C=O) groups excluding carboxylic acids is 1. The van der Waals surface area contributed by atoms with Crippen molar-refractivity contribution in [2.24, 2.45) is 11.8 Å². The van der Waals surface area contributed by atoms with Gasteiger partial charge in [0.15, 0.2) is 0 Å². The second-order valence-electron chi connectivity index (χ2n) is 4.51. The zero-order valence-electron chi connectivity index (χ0n) is 8.13. The third-order valence-corrected chi connectivity index (χ3v) is 3.70. The molecule has 0 radical (unpaired) electrons. The Balaban J connectivity index is 2.21. The zero-order chi connectivity index (χ0) is 8.93. The van der Waals surface area contributed by atoms with Gasteiger partial charge in [0, 0.05) is 19.0 Å². The summed E-state index contributed by atoms with van der Waals surface area (Å²) in [5, 5.41) is 0. The van der Waals surface area contributed by atoms with E-state index in [9.17, 15) is 4.79 Å². The topological polar surface area (TPSA) is 20.3 Å². The number of carbonyl (C=O) groups is 1. The Kier molecular flexibility index (Phi) is 1.51. The van der Waals surface area contributed by atoms with Crippen LogP contribution in [-0.2, 0) is 4.79 Å². The molecule has 0 aromatic heterocycles. The van der Waals surface area contributed by atoms with E-state index in [2.05, 4.69) is 18.7 Å². The molecule has 1 aliphatic heterocycles. The van der Waals surface area contributed by atoms with Gasteiger partial charge >= 0.3 is 0 Å². The summed E-state index contributed by atoms with van der Waals surface area (Å²) in [4.78, 5) is 13.4. The van der Waals surface area contributed by atoms with Crippen LogP contribution in [-0.4, -0.2) is 22.9 Å². The van der Waals surface area contributed by atoms with Gasteiger partial charge in [0.25, 0.3) is 0 Å². The summed E-state index contributed by atoms with van der Waals surface area (Å²) >= 11 is 0. The Morgan fingerprint density at radius 1 is 1.58 bits per heavy atom. The number of fused-ring (bicyclic) bond motifs is 1. The number of nitrogens with zero attached hydrogens (tertiary/aromatic N) is 1. The highest BCUT2D eigenvalue weighted by Crippen LogP contribution is 2.59. The summed E-state index contributed by atoms with van der Waals surface area (Å²) in [5.41, 5.74) is 0.284. The van der Waals surface area contributed by atoms with Gasteiger partial charge in [-0.25, -0.2) is 0 Å². The highest BCUT2D eigenvalue weighted by Gasteiger charge is 2.64. The minimum Gasteiger partial charge on any atom is -0.337 e. The van der Waals surface area contributed by atoms with Gasteiger partial charge in [-0.3, -0.25) is 4.79 Å². The van der Waals surface area contributed by atoms with Crippen molar-refractivity contribution in [1.82, 2.24) is 4.90 Å².